The molecule has 1 heterocycles. The number of nitrogens with zero attached hydrogens (tertiary/aromatic N) is 1. The Bertz CT molecular complexity index is 156. The predicted molar refractivity (Wildman–Crippen MR) is 29.6 cm³/mol. The van der Waals surface area contributed by atoms with Gasteiger partial charge < -0.3 is 12.4 Å². The molecule has 0 bridgehead atoms. The normalized spacial score (nSPS) is 8.33. The van der Waals surface area contributed by atoms with E-state index in [-0.39, 0.29) is 18.2 Å². The first-order valence-corrected chi connectivity index (χ1v) is 2.93. The van der Waals surface area contributed by atoms with E-state index in [4.69, 9.17) is 0 Å². The fraction of sp³-hybridized carbons (Fsp3) is 0. The second kappa shape index (κ2) is 4.03. The molecule has 0 amide bonds. The van der Waals surface area contributed by atoms with Gasteiger partial charge in [0.25, 0.3) is 0 Å². The zero-order valence-electron chi connectivity index (χ0n) is 4.64. The molecule has 0 aliphatic carbocycles. The third kappa shape index (κ3) is 2.98. The van der Waals surface area contributed by atoms with Crippen molar-refractivity contribution in [3.8, 4) is 0 Å². The third-order valence-corrected chi connectivity index (χ3v) is 1.21. The number of pyridine rings is 1. The van der Waals surface area contributed by atoms with Crippen LogP contribution < -0.4 is 16.2 Å². The second-order valence-corrected chi connectivity index (χ2v) is 2.19. The van der Waals surface area contributed by atoms with Gasteiger partial charge in [0.1, 0.15) is 0 Å². The van der Waals surface area contributed by atoms with Crippen LogP contribution in [0.25, 0.3) is 0 Å². The molecule has 0 radical (unpaired) electrons. The fourth-order valence-electron chi connectivity index (χ4n) is 0.406. The first-order valence-electron chi connectivity index (χ1n) is 2.22. The van der Waals surface area contributed by atoms with E-state index in [1.54, 1.807) is 27.8 Å². The van der Waals surface area contributed by atoms with Gasteiger partial charge in [-0.3, -0.25) is 0 Å². The first-order chi connectivity index (χ1) is 3.79. The Morgan fingerprint density at radius 1 is 1.44 bits per heavy atom. The van der Waals surface area contributed by atoms with Gasteiger partial charge >= 0.3 is 59.1 Å². The number of rotatable bonds is 0. The van der Waals surface area contributed by atoms with Crippen molar-refractivity contribution in [3.05, 3.63) is 24.1 Å². The zero-order chi connectivity index (χ0) is 5.98. The van der Waals surface area contributed by atoms with Crippen molar-refractivity contribution in [2.24, 2.45) is 0 Å². The molecule has 0 N–H and O–H groups in total. The molecule has 0 aliphatic heterocycles. The summed E-state index contributed by atoms with van der Waals surface area (Å²) >= 11 is 1.63. The molecule has 9 heavy (non-hydrogen) atoms. The second-order valence-electron chi connectivity index (χ2n) is 1.47. The molecule has 0 unspecified atom stereocenters. The van der Waals surface area contributed by atoms with Gasteiger partial charge in [-0.05, 0) is 0 Å². The van der Waals surface area contributed by atoms with Gasteiger partial charge in [-0.2, -0.15) is 0 Å². The third-order valence-electron chi connectivity index (χ3n) is 0.789. The van der Waals surface area contributed by atoms with Crippen LogP contribution in [-0.2, 0) is 0 Å². The minimum atomic E-state index is -0.277. The Morgan fingerprint density at radius 2 is 2.11 bits per heavy atom. The summed E-state index contributed by atoms with van der Waals surface area (Å²) < 4.78 is 12.9. The Balaban J connectivity index is 0.000000640. The summed E-state index contributed by atoms with van der Waals surface area (Å²) in [5.41, 5.74) is 0. The summed E-state index contributed by atoms with van der Waals surface area (Å²) in [4.78, 5) is 3.72. The van der Waals surface area contributed by atoms with Crippen molar-refractivity contribution in [2.45, 2.75) is 0 Å². The molecule has 44 valence electrons. The van der Waals surface area contributed by atoms with Gasteiger partial charge in [0, 0.05) is 0 Å². The Morgan fingerprint density at radius 3 is 2.44 bits per heavy atom. The number of hydrogen-bond donors (Lipinski definition) is 0. The predicted octanol–water partition coefficient (Wildman–Crippen LogP) is -2.98. The van der Waals surface area contributed by atoms with E-state index in [1.165, 1.54) is 12.3 Å². The van der Waals surface area contributed by atoms with E-state index >= 15 is 0 Å². The van der Waals surface area contributed by atoms with E-state index in [9.17, 15) is 4.39 Å². The standard InChI is InChI=1S/C5H3FN.ClH.Mg/c6-5-2-1-3-7-4-5;;/h1-2,4H;1H;/q;;+1/p-1. The van der Waals surface area contributed by atoms with Crippen molar-refractivity contribution >= 4 is 25.5 Å². The topological polar surface area (TPSA) is 12.9 Å². The monoisotopic (exact) mass is 155 g/mol. The Labute approximate surface area is 71.5 Å². The molecule has 0 saturated heterocycles. The number of hydrogen-bond acceptors (Lipinski definition) is 1. The Kier molecular flexibility index (Phi) is 4.09. The maximum atomic E-state index is 12.0. The minimum absolute atomic E-state index is 0. The van der Waals surface area contributed by atoms with E-state index in [0.717, 1.165) is 3.82 Å². The van der Waals surface area contributed by atoms with Crippen LogP contribution in [0.15, 0.2) is 18.3 Å². The van der Waals surface area contributed by atoms with Gasteiger partial charge in [0.15, 0.2) is 0 Å². The van der Waals surface area contributed by atoms with Crippen LogP contribution in [0.3, 0.4) is 0 Å². The molecular weight excluding hydrogens is 153 g/mol. The Hall–Kier alpha value is 0.136. The van der Waals surface area contributed by atoms with Gasteiger partial charge in [0.05, 0.1) is 0 Å². The zero-order valence-corrected chi connectivity index (χ0v) is 6.81. The fourth-order valence-corrected chi connectivity index (χ4v) is 0.616. The molecular formula is C5H3ClFMgN. The molecule has 0 fully saturated rings. The SMILES string of the molecule is Fc1cc[c]([Mg+])nc1.[Cl-]. The van der Waals surface area contributed by atoms with Crippen molar-refractivity contribution < 1.29 is 16.8 Å². The summed E-state index contributed by atoms with van der Waals surface area (Å²) in [6, 6.07) is 3.04. The maximum absolute atomic E-state index is 12.0. The molecule has 1 rings (SSSR count). The van der Waals surface area contributed by atoms with E-state index in [1.807, 2.05) is 0 Å². The quantitative estimate of drug-likeness (QED) is 0.365. The van der Waals surface area contributed by atoms with Crippen LogP contribution in [0.4, 0.5) is 4.39 Å². The molecule has 1 aromatic heterocycles. The van der Waals surface area contributed by atoms with E-state index < -0.39 is 0 Å². The van der Waals surface area contributed by atoms with Crippen LogP contribution in [0.1, 0.15) is 0 Å². The number of halogens is 2. The molecule has 0 aromatic carbocycles. The molecule has 1 nitrogen and oxygen atoms in total. The largest absolute Gasteiger partial charge is 1.00 e. The molecule has 0 atom stereocenters. The smallest absolute Gasteiger partial charge is 1.00 e. The van der Waals surface area contributed by atoms with Gasteiger partial charge in [-0.25, -0.2) is 0 Å². The van der Waals surface area contributed by atoms with Gasteiger partial charge in [0.2, 0.25) is 0 Å². The minimum Gasteiger partial charge on any atom is -1.00 e. The van der Waals surface area contributed by atoms with Crippen LogP contribution in [0, 0.1) is 5.82 Å². The van der Waals surface area contributed by atoms with Crippen molar-refractivity contribution in [1.29, 1.82) is 0 Å². The van der Waals surface area contributed by atoms with E-state index in [0.29, 0.717) is 0 Å². The summed E-state index contributed by atoms with van der Waals surface area (Å²) in [5, 5.41) is 0. The van der Waals surface area contributed by atoms with Gasteiger partial charge in [-0.15, -0.1) is 0 Å². The van der Waals surface area contributed by atoms with E-state index in [2.05, 4.69) is 4.98 Å². The van der Waals surface area contributed by atoms with Crippen molar-refractivity contribution in [2.75, 3.05) is 0 Å². The van der Waals surface area contributed by atoms with Crippen LogP contribution in [-0.4, -0.2) is 26.7 Å². The molecule has 0 saturated carbocycles. The molecule has 0 aliphatic rings. The summed E-state index contributed by atoms with van der Waals surface area (Å²) in [6.45, 7) is 0. The maximum Gasteiger partial charge on any atom is -1.00 e. The first kappa shape index (κ1) is 9.14. The van der Waals surface area contributed by atoms with Crippen molar-refractivity contribution in [3.63, 3.8) is 0 Å². The average molecular weight is 156 g/mol. The number of aromatic nitrogens is 1. The average Bonchev–Trinajstić information content (AvgIpc) is 1.77. The van der Waals surface area contributed by atoms with Crippen molar-refractivity contribution in [1.82, 2.24) is 4.98 Å². The summed E-state index contributed by atoms with van der Waals surface area (Å²) in [6.07, 6.45) is 1.21. The van der Waals surface area contributed by atoms with Crippen LogP contribution in [0.2, 0.25) is 0 Å². The molecule has 0 spiro atoms. The van der Waals surface area contributed by atoms with Gasteiger partial charge in [-0.1, -0.05) is 0 Å². The van der Waals surface area contributed by atoms with Crippen LogP contribution in [0.5, 0.6) is 0 Å². The summed E-state index contributed by atoms with van der Waals surface area (Å²) in [7, 11) is 0. The summed E-state index contributed by atoms with van der Waals surface area (Å²) in [5.74, 6) is -0.277. The van der Waals surface area contributed by atoms with Crippen LogP contribution >= 0.6 is 0 Å². The molecule has 1 aromatic rings. The molecule has 4 heteroatoms.